The third kappa shape index (κ3) is 7.71. The van der Waals surface area contributed by atoms with Crippen molar-refractivity contribution in [1.82, 2.24) is 10.2 Å². The molecule has 0 radical (unpaired) electrons. The van der Waals surface area contributed by atoms with Gasteiger partial charge in [0, 0.05) is 24.2 Å². The molecular weight excluding hydrogens is 566 g/mol. The number of benzene rings is 3. The van der Waals surface area contributed by atoms with E-state index in [9.17, 15) is 18.0 Å². The van der Waals surface area contributed by atoms with Crippen LogP contribution in [0.3, 0.4) is 0 Å². The summed E-state index contributed by atoms with van der Waals surface area (Å²) in [5.74, 6) is -0.308. The predicted octanol–water partition coefficient (Wildman–Crippen LogP) is 4.72. The highest BCUT2D eigenvalue weighted by Crippen LogP contribution is 2.33. The number of amides is 2. The summed E-state index contributed by atoms with van der Waals surface area (Å²) < 4.78 is 40.0. The Morgan fingerprint density at radius 1 is 0.927 bits per heavy atom. The normalized spacial score (nSPS) is 11.9. The topological polar surface area (TPSA) is 105 Å². The second kappa shape index (κ2) is 13.7. The van der Waals surface area contributed by atoms with Crippen LogP contribution < -0.4 is 19.1 Å². The summed E-state index contributed by atoms with van der Waals surface area (Å²) in [6.45, 7) is 7.01. The average Bonchev–Trinajstić information content (AvgIpc) is 2.94. The van der Waals surface area contributed by atoms with Gasteiger partial charge in [-0.2, -0.15) is 0 Å². The molecule has 3 aromatic carbocycles. The number of halogens is 1. The van der Waals surface area contributed by atoms with Gasteiger partial charge >= 0.3 is 0 Å². The maximum absolute atomic E-state index is 14.1. The molecular formula is C30H36ClN3O6S. The molecule has 11 heteroatoms. The Labute approximate surface area is 247 Å². The molecule has 0 aliphatic heterocycles. The standard InChI is InChI=1S/C30H36ClN3O6S/c1-7-32-30(36)22(4)33(18-23-8-10-24(31)11-9-23)29(35)19-34(25-15-20(2)14-21(3)16-25)41(37,38)26-12-13-27(39-5)28(17-26)40-6/h8-17,22H,7,18-19H2,1-6H3,(H,32,36)/t22-/m1/s1. The fourth-order valence-electron chi connectivity index (χ4n) is 4.42. The zero-order valence-electron chi connectivity index (χ0n) is 24.1. The molecule has 0 fully saturated rings. The number of ether oxygens (including phenoxy) is 2. The molecule has 9 nitrogen and oxygen atoms in total. The van der Waals surface area contributed by atoms with Crippen LogP contribution in [-0.2, 0) is 26.2 Å². The van der Waals surface area contributed by atoms with E-state index in [0.717, 1.165) is 21.0 Å². The molecule has 1 atom stereocenters. The van der Waals surface area contributed by atoms with Crippen molar-refractivity contribution in [2.45, 2.75) is 45.2 Å². The number of carbonyl (C=O) groups excluding carboxylic acids is 2. The van der Waals surface area contributed by atoms with Crippen LogP contribution in [0.15, 0.2) is 65.6 Å². The smallest absolute Gasteiger partial charge is 0.264 e. The summed E-state index contributed by atoms with van der Waals surface area (Å²) in [5, 5.41) is 3.28. The van der Waals surface area contributed by atoms with E-state index in [2.05, 4.69) is 5.32 Å². The Balaban J connectivity index is 2.10. The quantitative estimate of drug-likeness (QED) is 0.322. The van der Waals surface area contributed by atoms with Crippen molar-refractivity contribution in [3.8, 4) is 11.5 Å². The summed E-state index contributed by atoms with van der Waals surface area (Å²) in [6.07, 6.45) is 0. The van der Waals surface area contributed by atoms with Crippen LogP contribution in [0, 0.1) is 13.8 Å². The molecule has 220 valence electrons. The molecule has 0 spiro atoms. The van der Waals surface area contributed by atoms with Crippen LogP contribution in [0.5, 0.6) is 11.5 Å². The van der Waals surface area contributed by atoms with E-state index in [1.165, 1.54) is 37.3 Å². The van der Waals surface area contributed by atoms with Crippen molar-refractivity contribution in [2.75, 3.05) is 31.6 Å². The SMILES string of the molecule is CCNC(=O)[C@@H](C)N(Cc1ccc(Cl)cc1)C(=O)CN(c1cc(C)cc(C)c1)S(=O)(=O)c1ccc(OC)c(OC)c1. The predicted molar refractivity (Wildman–Crippen MR) is 160 cm³/mol. The fourth-order valence-corrected chi connectivity index (χ4v) is 5.96. The molecule has 3 aromatic rings. The van der Waals surface area contributed by atoms with Crippen molar-refractivity contribution >= 4 is 39.1 Å². The van der Waals surface area contributed by atoms with Gasteiger partial charge in [-0.15, -0.1) is 0 Å². The average molecular weight is 602 g/mol. The Kier molecular flexibility index (Phi) is 10.6. The third-order valence-electron chi connectivity index (χ3n) is 6.50. The van der Waals surface area contributed by atoms with Gasteiger partial charge in [-0.3, -0.25) is 13.9 Å². The van der Waals surface area contributed by atoms with Gasteiger partial charge in [0.1, 0.15) is 12.6 Å². The maximum atomic E-state index is 14.1. The number of hydrogen-bond donors (Lipinski definition) is 1. The van der Waals surface area contributed by atoms with Gasteiger partial charge in [-0.05, 0) is 80.8 Å². The lowest BCUT2D eigenvalue weighted by Gasteiger charge is -2.32. The number of carbonyl (C=O) groups is 2. The Hall–Kier alpha value is -3.76. The number of nitrogens with zero attached hydrogens (tertiary/aromatic N) is 2. The molecule has 0 aliphatic rings. The first-order valence-corrected chi connectivity index (χ1v) is 14.9. The van der Waals surface area contributed by atoms with E-state index in [1.54, 1.807) is 50.2 Å². The van der Waals surface area contributed by atoms with Gasteiger partial charge in [0.05, 0.1) is 24.8 Å². The second-order valence-electron chi connectivity index (χ2n) is 9.59. The number of sulfonamides is 1. The van der Waals surface area contributed by atoms with Gasteiger partial charge in [0.15, 0.2) is 11.5 Å². The molecule has 0 bridgehead atoms. The highest BCUT2D eigenvalue weighted by Gasteiger charge is 2.33. The number of rotatable bonds is 12. The Bertz CT molecular complexity index is 1470. The van der Waals surface area contributed by atoms with Crippen molar-refractivity contribution in [3.63, 3.8) is 0 Å². The van der Waals surface area contributed by atoms with Gasteiger partial charge in [0.2, 0.25) is 11.8 Å². The third-order valence-corrected chi connectivity index (χ3v) is 8.52. The van der Waals surface area contributed by atoms with E-state index in [1.807, 2.05) is 19.9 Å². The van der Waals surface area contributed by atoms with Crippen LogP contribution >= 0.6 is 11.6 Å². The minimum absolute atomic E-state index is 0.0748. The second-order valence-corrected chi connectivity index (χ2v) is 11.9. The zero-order chi connectivity index (χ0) is 30.3. The summed E-state index contributed by atoms with van der Waals surface area (Å²) in [6, 6.07) is 15.6. The van der Waals surface area contributed by atoms with E-state index < -0.39 is 28.5 Å². The first-order valence-electron chi connectivity index (χ1n) is 13.1. The molecule has 3 rings (SSSR count). The first-order chi connectivity index (χ1) is 19.4. The van der Waals surface area contributed by atoms with Crippen molar-refractivity contribution < 1.29 is 27.5 Å². The Morgan fingerprint density at radius 2 is 1.54 bits per heavy atom. The number of hydrogen-bond acceptors (Lipinski definition) is 6. The molecule has 0 aromatic heterocycles. The van der Waals surface area contributed by atoms with Crippen LogP contribution in [0.2, 0.25) is 5.02 Å². The minimum atomic E-state index is -4.28. The van der Waals surface area contributed by atoms with Crippen LogP contribution in [0.1, 0.15) is 30.5 Å². The minimum Gasteiger partial charge on any atom is -0.493 e. The highest BCUT2D eigenvalue weighted by atomic mass is 35.5. The molecule has 0 aliphatic carbocycles. The summed E-state index contributed by atoms with van der Waals surface area (Å²) in [4.78, 5) is 28.1. The molecule has 0 saturated heterocycles. The fraction of sp³-hybridized carbons (Fsp3) is 0.333. The molecule has 41 heavy (non-hydrogen) atoms. The summed E-state index contributed by atoms with van der Waals surface area (Å²) in [7, 11) is -1.41. The van der Waals surface area contributed by atoms with E-state index in [-0.39, 0.29) is 23.1 Å². The van der Waals surface area contributed by atoms with E-state index >= 15 is 0 Å². The van der Waals surface area contributed by atoms with Crippen LogP contribution in [0.4, 0.5) is 5.69 Å². The van der Waals surface area contributed by atoms with Crippen LogP contribution in [-0.4, -0.2) is 58.5 Å². The monoisotopic (exact) mass is 601 g/mol. The summed E-state index contributed by atoms with van der Waals surface area (Å²) >= 11 is 6.04. The molecule has 0 unspecified atom stereocenters. The number of aryl methyl sites for hydroxylation is 2. The van der Waals surface area contributed by atoms with Gasteiger partial charge in [0.25, 0.3) is 10.0 Å². The van der Waals surface area contributed by atoms with E-state index in [0.29, 0.717) is 23.0 Å². The molecule has 0 heterocycles. The van der Waals surface area contributed by atoms with Crippen molar-refractivity contribution in [1.29, 1.82) is 0 Å². The van der Waals surface area contributed by atoms with Crippen molar-refractivity contribution in [3.05, 3.63) is 82.4 Å². The number of methoxy groups -OCH3 is 2. The Morgan fingerprint density at radius 3 is 2.10 bits per heavy atom. The lowest BCUT2D eigenvalue weighted by atomic mass is 10.1. The number of likely N-dealkylation sites (N-methyl/N-ethyl adjacent to an activating group) is 1. The number of anilines is 1. The lowest BCUT2D eigenvalue weighted by molar-refractivity contribution is -0.139. The van der Waals surface area contributed by atoms with Gasteiger partial charge < -0.3 is 19.7 Å². The molecule has 1 N–H and O–H groups in total. The maximum Gasteiger partial charge on any atom is 0.264 e. The lowest BCUT2D eigenvalue weighted by Crippen LogP contribution is -2.51. The molecule has 2 amide bonds. The van der Waals surface area contributed by atoms with E-state index in [4.69, 9.17) is 21.1 Å². The molecule has 0 saturated carbocycles. The highest BCUT2D eigenvalue weighted by molar-refractivity contribution is 7.92. The first kappa shape index (κ1) is 31.8. The van der Waals surface area contributed by atoms with Crippen LogP contribution in [0.25, 0.3) is 0 Å². The van der Waals surface area contributed by atoms with Crippen molar-refractivity contribution in [2.24, 2.45) is 0 Å². The largest absolute Gasteiger partial charge is 0.493 e. The summed E-state index contributed by atoms with van der Waals surface area (Å²) in [5.41, 5.74) is 2.71. The zero-order valence-corrected chi connectivity index (χ0v) is 25.7. The number of nitrogens with one attached hydrogen (secondary N) is 1. The van der Waals surface area contributed by atoms with Gasteiger partial charge in [-0.25, -0.2) is 8.42 Å². The van der Waals surface area contributed by atoms with Gasteiger partial charge in [-0.1, -0.05) is 29.8 Å².